The van der Waals surface area contributed by atoms with E-state index in [2.05, 4.69) is 54.0 Å². The number of nitrogens with zero attached hydrogens (tertiary/aromatic N) is 1. The lowest BCUT2D eigenvalue weighted by molar-refractivity contribution is -0.129. The molecule has 0 bridgehead atoms. The second-order valence-corrected chi connectivity index (χ2v) is 5.73. The fraction of sp³-hybridized carbons (Fsp3) is 0.462. The van der Waals surface area contributed by atoms with Crippen molar-refractivity contribution in [2.45, 2.75) is 31.1 Å². The molecule has 1 saturated heterocycles. The highest BCUT2D eigenvalue weighted by atomic mass is 79.9. The summed E-state index contributed by atoms with van der Waals surface area (Å²) in [5, 5.41) is 0. The Morgan fingerprint density at radius 1 is 1.38 bits per heavy atom. The van der Waals surface area contributed by atoms with Crippen LogP contribution in [-0.2, 0) is 4.79 Å². The van der Waals surface area contributed by atoms with Crippen molar-refractivity contribution in [3.8, 4) is 0 Å². The van der Waals surface area contributed by atoms with Gasteiger partial charge in [0.1, 0.15) is 0 Å². The van der Waals surface area contributed by atoms with Crippen LogP contribution in [0.3, 0.4) is 0 Å². The molecule has 1 fully saturated rings. The summed E-state index contributed by atoms with van der Waals surface area (Å²) >= 11 is 3.51. The third-order valence-corrected chi connectivity index (χ3v) is 3.75. The number of likely N-dealkylation sites (tertiary alicyclic amines) is 1. The SMILES string of the molecule is Cc1ccc(C(C)N2CC(Br)CC2=O)cc1. The lowest BCUT2D eigenvalue weighted by Gasteiger charge is -2.24. The summed E-state index contributed by atoms with van der Waals surface area (Å²) in [5.74, 6) is 0.245. The number of hydrogen-bond acceptors (Lipinski definition) is 1. The largest absolute Gasteiger partial charge is 0.335 e. The molecule has 86 valence electrons. The van der Waals surface area contributed by atoms with Gasteiger partial charge in [0, 0.05) is 17.8 Å². The van der Waals surface area contributed by atoms with E-state index in [1.165, 1.54) is 11.1 Å². The van der Waals surface area contributed by atoms with Crippen LogP contribution in [0.5, 0.6) is 0 Å². The molecule has 1 aromatic rings. The van der Waals surface area contributed by atoms with Gasteiger partial charge in [-0.2, -0.15) is 0 Å². The smallest absolute Gasteiger partial charge is 0.224 e. The van der Waals surface area contributed by atoms with E-state index in [-0.39, 0.29) is 11.9 Å². The Kier molecular flexibility index (Phi) is 3.33. The van der Waals surface area contributed by atoms with Gasteiger partial charge < -0.3 is 4.90 Å². The molecule has 2 nitrogen and oxygen atoms in total. The van der Waals surface area contributed by atoms with Gasteiger partial charge in [0.05, 0.1) is 6.04 Å². The standard InChI is InChI=1S/C13H16BrNO/c1-9-3-5-11(6-4-9)10(2)15-8-12(14)7-13(15)16/h3-6,10,12H,7-8H2,1-2H3. The summed E-state index contributed by atoms with van der Waals surface area (Å²) in [5.41, 5.74) is 2.46. The van der Waals surface area contributed by atoms with Gasteiger partial charge in [0.2, 0.25) is 5.91 Å². The predicted molar refractivity (Wildman–Crippen MR) is 68.6 cm³/mol. The van der Waals surface area contributed by atoms with Crippen molar-refractivity contribution in [3.05, 3.63) is 35.4 Å². The molecule has 0 saturated carbocycles. The summed E-state index contributed by atoms with van der Waals surface area (Å²) in [6, 6.07) is 8.58. The molecule has 3 heteroatoms. The van der Waals surface area contributed by atoms with Crippen LogP contribution in [0.1, 0.15) is 30.5 Å². The van der Waals surface area contributed by atoms with Crippen molar-refractivity contribution < 1.29 is 4.79 Å². The normalized spacial score (nSPS) is 22.6. The second kappa shape index (κ2) is 4.58. The highest BCUT2D eigenvalue weighted by Gasteiger charge is 2.31. The zero-order valence-electron chi connectivity index (χ0n) is 9.61. The third-order valence-electron chi connectivity index (χ3n) is 3.14. The topological polar surface area (TPSA) is 20.3 Å². The average molecular weight is 282 g/mol. The van der Waals surface area contributed by atoms with Gasteiger partial charge in [-0.05, 0) is 19.4 Å². The number of benzene rings is 1. The molecule has 0 radical (unpaired) electrons. The molecule has 2 atom stereocenters. The van der Waals surface area contributed by atoms with Crippen molar-refractivity contribution in [2.24, 2.45) is 0 Å². The number of carbonyl (C=O) groups excluding carboxylic acids is 1. The molecule has 2 rings (SSSR count). The fourth-order valence-corrected chi connectivity index (χ4v) is 2.67. The van der Waals surface area contributed by atoms with Crippen LogP contribution in [0, 0.1) is 6.92 Å². The first-order valence-corrected chi connectivity index (χ1v) is 6.49. The monoisotopic (exact) mass is 281 g/mol. The van der Waals surface area contributed by atoms with Gasteiger partial charge in [-0.3, -0.25) is 4.79 Å². The predicted octanol–water partition coefficient (Wildman–Crippen LogP) is 3.05. The molecule has 0 aromatic heterocycles. The second-order valence-electron chi connectivity index (χ2n) is 4.43. The van der Waals surface area contributed by atoms with Gasteiger partial charge in [-0.1, -0.05) is 45.8 Å². The molecule has 0 spiro atoms. The van der Waals surface area contributed by atoms with E-state index < -0.39 is 0 Å². The minimum Gasteiger partial charge on any atom is -0.335 e. The molecular weight excluding hydrogens is 266 g/mol. The number of hydrogen-bond donors (Lipinski definition) is 0. The van der Waals surface area contributed by atoms with E-state index in [0.29, 0.717) is 11.2 Å². The van der Waals surface area contributed by atoms with Gasteiger partial charge in [0.25, 0.3) is 0 Å². The maximum Gasteiger partial charge on any atom is 0.224 e. The van der Waals surface area contributed by atoms with Gasteiger partial charge >= 0.3 is 0 Å². The fourth-order valence-electron chi connectivity index (χ4n) is 2.09. The first kappa shape index (κ1) is 11.6. The summed E-state index contributed by atoms with van der Waals surface area (Å²) in [6.07, 6.45) is 0.621. The van der Waals surface area contributed by atoms with Crippen LogP contribution in [0.4, 0.5) is 0 Å². The first-order chi connectivity index (χ1) is 7.58. The molecule has 16 heavy (non-hydrogen) atoms. The molecule has 0 N–H and O–H groups in total. The molecule has 0 aliphatic carbocycles. The minimum absolute atomic E-state index is 0.177. The van der Waals surface area contributed by atoms with Crippen molar-refractivity contribution in [1.82, 2.24) is 4.90 Å². The van der Waals surface area contributed by atoms with Crippen LogP contribution in [0.15, 0.2) is 24.3 Å². The van der Waals surface area contributed by atoms with Gasteiger partial charge in [-0.15, -0.1) is 0 Å². The summed E-state index contributed by atoms with van der Waals surface area (Å²) in [6.45, 7) is 4.98. The van der Waals surface area contributed by atoms with Crippen molar-refractivity contribution in [1.29, 1.82) is 0 Å². The number of alkyl halides is 1. The van der Waals surface area contributed by atoms with Gasteiger partial charge in [-0.25, -0.2) is 0 Å². The summed E-state index contributed by atoms with van der Waals surface area (Å²) < 4.78 is 0. The quantitative estimate of drug-likeness (QED) is 0.763. The first-order valence-electron chi connectivity index (χ1n) is 5.58. The Morgan fingerprint density at radius 3 is 2.50 bits per heavy atom. The number of rotatable bonds is 2. The maximum atomic E-state index is 11.8. The van der Waals surface area contributed by atoms with Crippen molar-refractivity contribution in [2.75, 3.05) is 6.54 Å². The van der Waals surface area contributed by atoms with Crippen LogP contribution in [-0.4, -0.2) is 22.2 Å². The highest BCUT2D eigenvalue weighted by Crippen LogP contribution is 2.28. The molecule has 1 amide bonds. The minimum atomic E-state index is 0.177. The zero-order chi connectivity index (χ0) is 11.7. The molecule has 1 aliphatic heterocycles. The lowest BCUT2D eigenvalue weighted by atomic mass is 10.1. The number of amides is 1. The van der Waals surface area contributed by atoms with Gasteiger partial charge in [0.15, 0.2) is 0 Å². The average Bonchev–Trinajstić information content (AvgIpc) is 2.58. The Bertz CT molecular complexity index is 387. The summed E-state index contributed by atoms with van der Waals surface area (Å²) in [7, 11) is 0. The molecule has 1 aliphatic rings. The molecule has 2 unspecified atom stereocenters. The molecular formula is C13H16BrNO. The van der Waals surface area contributed by atoms with Crippen LogP contribution in [0.25, 0.3) is 0 Å². The van der Waals surface area contributed by atoms with Crippen LogP contribution < -0.4 is 0 Å². The number of halogens is 1. The Balaban J connectivity index is 2.16. The third kappa shape index (κ3) is 2.29. The Hall–Kier alpha value is -0.830. The van der Waals surface area contributed by atoms with Crippen LogP contribution >= 0.6 is 15.9 Å². The molecule has 1 aromatic carbocycles. The Labute approximate surface area is 105 Å². The van der Waals surface area contributed by atoms with E-state index >= 15 is 0 Å². The zero-order valence-corrected chi connectivity index (χ0v) is 11.2. The Morgan fingerprint density at radius 2 is 2.00 bits per heavy atom. The highest BCUT2D eigenvalue weighted by molar-refractivity contribution is 9.09. The van der Waals surface area contributed by atoms with E-state index in [0.717, 1.165) is 6.54 Å². The number of aryl methyl sites for hydroxylation is 1. The van der Waals surface area contributed by atoms with Crippen LogP contribution in [0.2, 0.25) is 0 Å². The number of carbonyl (C=O) groups is 1. The van der Waals surface area contributed by atoms with E-state index in [1.54, 1.807) is 0 Å². The molecule has 1 heterocycles. The lowest BCUT2D eigenvalue weighted by Crippen LogP contribution is -2.28. The summed E-state index contributed by atoms with van der Waals surface area (Å²) in [4.78, 5) is 14.0. The van der Waals surface area contributed by atoms with E-state index in [9.17, 15) is 4.79 Å². The maximum absolute atomic E-state index is 11.8. The van der Waals surface area contributed by atoms with Crippen molar-refractivity contribution >= 4 is 21.8 Å². The van der Waals surface area contributed by atoms with E-state index in [1.807, 2.05) is 4.90 Å². The van der Waals surface area contributed by atoms with E-state index in [4.69, 9.17) is 0 Å². The van der Waals surface area contributed by atoms with Crippen molar-refractivity contribution in [3.63, 3.8) is 0 Å².